The third-order valence-electron chi connectivity index (χ3n) is 4.34. The fourth-order valence-electron chi connectivity index (χ4n) is 2.35. The number of anilines is 1. The molecule has 2 heterocycles. The molecule has 4 nitrogen and oxygen atoms in total. The molecule has 0 atom stereocenters. The summed E-state index contributed by atoms with van der Waals surface area (Å²) < 4.78 is 12.1. The summed E-state index contributed by atoms with van der Waals surface area (Å²) in [6.45, 7) is 8.21. The van der Waals surface area contributed by atoms with Crippen LogP contribution in [0.2, 0.25) is 0 Å². The van der Waals surface area contributed by atoms with Gasteiger partial charge in [0.1, 0.15) is 5.82 Å². The lowest BCUT2D eigenvalue weighted by Gasteiger charge is -2.32. The molecule has 104 valence electrons. The Morgan fingerprint density at radius 2 is 1.70 bits per heavy atom. The van der Waals surface area contributed by atoms with Gasteiger partial charge >= 0.3 is 7.12 Å². The number of rotatable bonds is 1. The van der Waals surface area contributed by atoms with Crippen molar-refractivity contribution in [2.45, 2.75) is 38.9 Å². The van der Waals surface area contributed by atoms with Gasteiger partial charge < -0.3 is 15.0 Å². The molecule has 1 fully saturated rings. The molecule has 5 heteroatoms. The number of nitrogens with zero attached hydrogens (tertiary/aromatic N) is 1. The van der Waals surface area contributed by atoms with Crippen molar-refractivity contribution < 1.29 is 9.31 Å². The zero-order valence-corrected chi connectivity index (χ0v) is 12.3. The van der Waals surface area contributed by atoms with Crippen LogP contribution in [-0.4, -0.2) is 23.3 Å². The van der Waals surface area contributed by atoms with Crippen LogP contribution in [0.5, 0.6) is 0 Å². The van der Waals surface area contributed by atoms with Crippen molar-refractivity contribution in [2.24, 2.45) is 0 Å². The molecule has 0 radical (unpaired) electrons. The second-order valence-corrected chi connectivity index (χ2v) is 6.27. The molecule has 1 aromatic heterocycles. The maximum atomic E-state index is 6.06. The molecular weight excluding hydrogens is 251 g/mol. The van der Waals surface area contributed by atoms with E-state index in [1.807, 2.05) is 18.2 Å². The van der Waals surface area contributed by atoms with Crippen molar-refractivity contribution in [1.82, 2.24) is 4.98 Å². The normalized spacial score (nSPS) is 20.5. The van der Waals surface area contributed by atoms with E-state index in [0.29, 0.717) is 5.82 Å². The third-order valence-corrected chi connectivity index (χ3v) is 4.34. The summed E-state index contributed by atoms with van der Waals surface area (Å²) in [4.78, 5) is 4.10. The van der Waals surface area contributed by atoms with Crippen LogP contribution in [0.4, 0.5) is 5.82 Å². The van der Waals surface area contributed by atoms with Crippen molar-refractivity contribution >= 4 is 29.2 Å². The van der Waals surface area contributed by atoms with E-state index in [0.717, 1.165) is 16.2 Å². The van der Waals surface area contributed by atoms with E-state index < -0.39 is 0 Å². The van der Waals surface area contributed by atoms with E-state index in [1.165, 1.54) is 0 Å². The van der Waals surface area contributed by atoms with Crippen molar-refractivity contribution in [3.63, 3.8) is 0 Å². The number of hydrogen-bond acceptors (Lipinski definition) is 4. The van der Waals surface area contributed by atoms with Crippen molar-refractivity contribution in [2.75, 3.05) is 5.73 Å². The Balaban J connectivity index is 2.00. The number of nitrogen functional groups attached to an aromatic ring is 1. The summed E-state index contributed by atoms with van der Waals surface area (Å²) in [6, 6.07) is 7.95. The van der Waals surface area contributed by atoms with Gasteiger partial charge in [0, 0.05) is 11.6 Å². The van der Waals surface area contributed by atoms with Gasteiger partial charge in [0.25, 0.3) is 0 Å². The molecule has 0 spiro atoms. The van der Waals surface area contributed by atoms with Crippen LogP contribution in [0, 0.1) is 0 Å². The zero-order chi connectivity index (χ0) is 14.5. The van der Waals surface area contributed by atoms with Gasteiger partial charge in [0.2, 0.25) is 0 Å². The summed E-state index contributed by atoms with van der Waals surface area (Å²) >= 11 is 0. The highest BCUT2D eigenvalue weighted by Crippen LogP contribution is 2.36. The molecule has 2 aromatic rings. The van der Waals surface area contributed by atoms with Crippen LogP contribution in [0.25, 0.3) is 10.8 Å². The highest BCUT2D eigenvalue weighted by atomic mass is 16.7. The minimum atomic E-state index is -0.348. The Morgan fingerprint density at radius 3 is 2.35 bits per heavy atom. The standard InChI is InChI=1S/C15H19BN2O2/c1-14(2)15(3,4)20-16(19-14)11-5-6-12-10(9-11)7-8-18-13(12)17/h5-9H,1-4H3,(H2,17,18). The summed E-state index contributed by atoms with van der Waals surface area (Å²) in [5.74, 6) is 0.544. The first kappa shape index (κ1) is 13.4. The van der Waals surface area contributed by atoms with Gasteiger partial charge in [-0.15, -0.1) is 0 Å². The molecule has 0 amide bonds. The summed E-state index contributed by atoms with van der Waals surface area (Å²) in [5.41, 5.74) is 6.21. The largest absolute Gasteiger partial charge is 0.494 e. The molecular formula is C15H19BN2O2. The summed E-state index contributed by atoms with van der Waals surface area (Å²) in [5, 5.41) is 2.00. The quantitative estimate of drug-likeness (QED) is 0.806. The number of pyridine rings is 1. The molecule has 0 unspecified atom stereocenters. The van der Waals surface area contributed by atoms with Gasteiger partial charge in [-0.25, -0.2) is 4.98 Å². The lowest BCUT2D eigenvalue weighted by Crippen LogP contribution is -2.41. The lowest BCUT2D eigenvalue weighted by atomic mass is 9.78. The number of nitrogens with two attached hydrogens (primary N) is 1. The smallest absolute Gasteiger partial charge is 0.399 e. The number of fused-ring (bicyclic) bond motifs is 1. The Hall–Kier alpha value is -1.59. The Kier molecular flexibility index (Phi) is 2.82. The van der Waals surface area contributed by atoms with E-state index in [4.69, 9.17) is 15.0 Å². The van der Waals surface area contributed by atoms with Gasteiger partial charge in [-0.05, 0) is 44.6 Å². The molecule has 1 saturated heterocycles. The summed E-state index contributed by atoms with van der Waals surface area (Å²) in [6.07, 6.45) is 1.71. The zero-order valence-electron chi connectivity index (χ0n) is 12.3. The average molecular weight is 270 g/mol. The first-order chi connectivity index (χ1) is 9.30. The van der Waals surface area contributed by atoms with Crippen LogP contribution in [0.1, 0.15) is 27.7 Å². The third kappa shape index (κ3) is 1.98. The minimum absolute atomic E-state index is 0.329. The first-order valence-corrected chi connectivity index (χ1v) is 6.80. The van der Waals surface area contributed by atoms with Gasteiger partial charge in [0.05, 0.1) is 11.2 Å². The van der Waals surface area contributed by atoms with Crippen molar-refractivity contribution in [3.05, 3.63) is 30.5 Å². The van der Waals surface area contributed by atoms with Gasteiger partial charge in [-0.3, -0.25) is 0 Å². The SMILES string of the molecule is CC1(C)OB(c2ccc3c(N)nccc3c2)OC1(C)C. The molecule has 0 bridgehead atoms. The predicted octanol–water partition coefficient (Wildman–Crippen LogP) is 2.12. The molecule has 0 aliphatic carbocycles. The van der Waals surface area contributed by atoms with Gasteiger partial charge in [-0.2, -0.15) is 0 Å². The fraction of sp³-hybridized carbons (Fsp3) is 0.400. The van der Waals surface area contributed by atoms with Gasteiger partial charge in [-0.1, -0.05) is 18.2 Å². The second-order valence-electron chi connectivity index (χ2n) is 6.27. The monoisotopic (exact) mass is 270 g/mol. The highest BCUT2D eigenvalue weighted by molar-refractivity contribution is 6.62. The molecule has 20 heavy (non-hydrogen) atoms. The topological polar surface area (TPSA) is 57.4 Å². The fourth-order valence-corrected chi connectivity index (χ4v) is 2.35. The van der Waals surface area contributed by atoms with E-state index >= 15 is 0 Å². The molecule has 0 saturated carbocycles. The van der Waals surface area contributed by atoms with Crippen molar-refractivity contribution in [1.29, 1.82) is 0 Å². The number of aromatic nitrogens is 1. The van der Waals surface area contributed by atoms with Crippen LogP contribution in [0.3, 0.4) is 0 Å². The van der Waals surface area contributed by atoms with E-state index in [9.17, 15) is 0 Å². The number of hydrogen-bond donors (Lipinski definition) is 1. The van der Waals surface area contributed by atoms with E-state index in [2.05, 4.69) is 38.7 Å². The maximum Gasteiger partial charge on any atom is 0.494 e. The molecule has 1 aliphatic rings. The predicted molar refractivity (Wildman–Crippen MR) is 81.9 cm³/mol. The average Bonchev–Trinajstić information content (AvgIpc) is 2.58. The van der Waals surface area contributed by atoms with Crippen LogP contribution < -0.4 is 11.2 Å². The van der Waals surface area contributed by atoms with Crippen LogP contribution in [-0.2, 0) is 9.31 Å². The lowest BCUT2D eigenvalue weighted by molar-refractivity contribution is 0.00578. The molecule has 1 aliphatic heterocycles. The Bertz CT molecular complexity index is 654. The molecule has 3 rings (SSSR count). The second kappa shape index (κ2) is 4.20. The van der Waals surface area contributed by atoms with Crippen LogP contribution in [0.15, 0.2) is 30.5 Å². The summed E-state index contributed by atoms with van der Waals surface area (Å²) in [7, 11) is -0.348. The maximum absolute atomic E-state index is 6.06. The van der Waals surface area contributed by atoms with Crippen LogP contribution >= 0.6 is 0 Å². The van der Waals surface area contributed by atoms with Gasteiger partial charge in [0.15, 0.2) is 0 Å². The van der Waals surface area contributed by atoms with Crippen molar-refractivity contribution in [3.8, 4) is 0 Å². The molecule has 1 aromatic carbocycles. The van der Waals surface area contributed by atoms with E-state index in [1.54, 1.807) is 6.20 Å². The van der Waals surface area contributed by atoms with E-state index in [-0.39, 0.29) is 18.3 Å². The Morgan fingerprint density at radius 1 is 1.05 bits per heavy atom. The first-order valence-electron chi connectivity index (χ1n) is 6.80. The highest BCUT2D eigenvalue weighted by Gasteiger charge is 2.51. The number of benzene rings is 1. The minimum Gasteiger partial charge on any atom is -0.399 e. The Labute approximate surface area is 119 Å². The molecule has 2 N–H and O–H groups in total.